The summed E-state index contributed by atoms with van der Waals surface area (Å²) in [4.78, 5) is 4.15. The van der Waals surface area contributed by atoms with Gasteiger partial charge in [-0.15, -0.1) is 0 Å². The Morgan fingerprint density at radius 2 is 2.10 bits per heavy atom. The SMILES string of the molecule is CCNCc1ccncc1Oc1cccc(C(C)C)c1. The molecular weight excluding hydrogens is 248 g/mol. The summed E-state index contributed by atoms with van der Waals surface area (Å²) < 4.78 is 5.99. The molecule has 0 saturated heterocycles. The van der Waals surface area contributed by atoms with Crippen molar-refractivity contribution >= 4 is 0 Å². The second kappa shape index (κ2) is 7.06. The Morgan fingerprint density at radius 3 is 2.85 bits per heavy atom. The van der Waals surface area contributed by atoms with Gasteiger partial charge in [-0.2, -0.15) is 0 Å². The normalized spacial score (nSPS) is 10.8. The van der Waals surface area contributed by atoms with Crippen molar-refractivity contribution in [3.8, 4) is 11.5 Å². The number of aromatic nitrogens is 1. The minimum Gasteiger partial charge on any atom is -0.455 e. The molecule has 1 N–H and O–H groups in total. The molecule has 2 rings (SSSR count). The van der Waals surface area contributed by atoms with E-state index in [4.69, 9.17) is 4.74 Å². The van der Waals surface area contributed by atoms with E-state index < -0.39 is 0 Å². The lowest BCUT2D eigenvalue weighted by Gasteiger charge is -2.12. The van der Waals surface area contributed by atoms with Gasteiger partial charge >= 0.3 is 0 Å². The summed E-state index contributed by atoms with van der Waals surface area (Å²) in [6, 6.07) is 10.2. The molecule has 0 unspecified atom stereocenters. The molecule has 0 aliphatic heterocycles. The summed E-state index contributed by atoms with van der Waals surface area (Å²) in [5, 5.41) is 3.31. The predicted octanol–water partition coefficient (Wildman–Crippen LogP) is 4.11. The summed E-state index contributed by atoms with van der Waals surface area (Å²) in [6.45, 7) is 8.18. The van der Waals surface area contributed by atoms with Crippen LogP contribution in [0, 0.1) is 0 Å². The highest BCUT2D eigenvalue weighted by Gasteiger charge is 2.06. The number of nitrogens with one attached hydrogen (secondary N) is 1. The molecule has 0 saturated carbocycles. The zero-order valence-corrected chi connectivity index (χ0v) is 12.4. The predicted molar refractivity (Wildman–Crippen MR) is 82.2 cm³/mol. The average Bonchev–Trinajstić information content (AvgIpc) is 2.46. The van der Waals surface area contributed by atoms with Crippen LogP contribution in [-0.4, -0.2) is 11.5 Å². The number of rotatable bonds is 6. The van der Waals surface area contributed by atoms with Crippen LogP contribution in [0.15, 0.2) is 42.7 Å². The Bertz CT molecular complexity index is 552. The summed E-state index contributed by atoms with van der Waals surface area (Å²) in [7, 11) is 0. The molecule has 0 radical (unpaired) electrons. The van der Waals surface area contributed by atoms with E-state index in [1.807, 2.05) is 18.2 Å². The first-order chi connectivity index (χ1) is 9.70. The Hall–Kier alpha value is -1.87. The molecule has 2 aromatic rings. The first-order valence-electron chi connectivity index (χ1n) is 7.12. The number of hydrogen-bond acceptors (Lipinski definition) is 3. The molecule has 3 heteroatoms. The quantitative estimate of drug-likeness (QED) is 0.857. The minimum absolute atomic E-state index is 0.494. The monoisotopic (exact) mass is 270 g/mol. The summed E-state index contributed by atoms with van der Waals surface area (Å²) in [6.07, 6.45) is 3.57. The maximum atomic E-state index is 5.99. The van der Waals surface area contributed by atoms with Gasteiger partial charge in [0.15, 0.2) is 0 Å². The zero-order chi connectivity index (χ0) is 14.4. The van der Waals surface area contributed by atoms with Crippen LogP contribution in [0.5, 0.6) is 11.5 Å². The van der Waals surface area contributed by atoms with Gasteiger partial charge in [0.25, 0.3) is 0 Å². The fraction of sp³-hybridized carbons (Fsp3) is 0.353. The lowest BCUT2D eigenvalue weighted by Crippen LogP contribution is -2.12. The fourth-order valence-corrected chi connectivity index (χ4v) is 1.97. The third kappa shape index (κ3) is 3.81. The van der Waals surface area contributed by atoms with Gasteiger partial charge in [-0.25, -0.2) is 0 Å². The smallest absolute Gasteiger partial charge is 0.150 e. The van der Waals surface area contributed by atoms with Crippen LogP contribution in [0.3, 0.4) is 0 Å². The number of pyridine rings is 1. The maximum Gasteiger partial charge on any atom is 0.150 e. The number of benzene rings is 1. The maximum absolute atomic E-state index is 5.99. The molecule has 0 atom stereocenters. The molecule has 20 heavy (non-hydrogen) atoms. The largest absolute Gasteiger partial charge is 0.455 e. The van der Waals surface area contributed by atoms with Crippen LogP contribution < -0.4 is 10.1 Å². The van der Waals surface area contributed by atoms with Gasteiger partial charge in [0, 0.05) is 18.3 Å². The Morgan fingerprint density at radius 1 is 1.25 bits per heavy atom. The molecule has 1 aromatic heterocycles. The molecule has 1 heterocycles. The second-order valence-corrected chi connectivity index (χ2v) is 5.09. The van der Waals surface area contributed by atoms with Gasteiger partial charge in [0.1, 0.15) is 11.5 Å². The van der Waals surface area contributed by atoms with Gasteiger partial charge in [-0.3, -0.25) is 4.98 Å². The molecule has 106 valence electrons. The standard InChI is InChI=1S/C17H22N2O/c1-4-18-11-15-8-9-19-12-17(15)20-16-7-5-6-14(10-16)13(2)3/h5-10,12-13,18H,4,11H2,1-3H3. The van der Waals surface area contributed by atoms with E-state index in [1.54, 1.807) is 12.4 Å². The van der Waals surface area contributed by atoms with Crippen LogP contribution in [0.25, 0.3) is 0 Å². The van der Waals surface area contributed by atoms with Crippen molar-refractivity contribution in [1.82, 2.24) is 10.3 Å². The Kier molecular flexibility index (Phi) is 5.13. The van der Waals surface area contributed by atoms with Crippen LogP contribution in [-0.2, 0) is 6.54 Å². The van der Waals surface area contributed by atoms with Gasteiger partial charge in [0.2, 0.25) is 0 Å². The van der Waals surface area contributed by atoms with Gasteiger partial charge < -0.3 is 10.1 Å². The lowest BCUT2D eigenvalue weighted by molar-refractivity contribution is 0.469. The number of nitrogens with zero attached hydrogens (tertiary/aromatic N) is 1. The topological polar surface area (TPSA) is 34.2 Å². The van der Waals surface area contributed by atoms with Gasteiger partial charge in [-0.05, 0) is 36.2 Å². The van der Waals surface area contributed by atoms with Crippen molar-refractivity contribution < 1.29 is 4.74 Å². The summed E-state index contributed by atoms with van der Waals surface area (Å²) in [5.74, 6) is 2.17. The van der Waals surface area contributed by atoms with Crippen molar-refractivity contribution in [2.45, 2.75) is 33.2 Å². The molecule has 0 spiro atoms. The fourth-order valence-electron chi connectivity index (χ4n) is 1.97. The van der Waals surface area contributed by atoms with Gasteiger partial charge in [-0.1, -0.05) is 32.9 Å². The third-order valence-electron chi connectivity index (χ3n) is 3.19. The van der Waals surface area contributed by atoms with E-state index in [2.05, 4.69) is 43.2 Å². The molecular formula is C17H22N2O. The van der Waals surface area contributed by atoms with Crippen LogP contribution in [0.1, 0.15) is 37.8 Å². The molecule has 0 bridgehead atoms. The van der Waals surface area contributed by atoms with E-state index in [1.165, 1.54) is 5.56 Å². The average molecular weight is 270 g/mol. The first kappa shape index (κ1) is 14.5. The summed E-state index contributed by atoms with van der Waals surface area (Å²) in [5.41, 5.74) is 2.40. The van der Waals surface area contributed by atoms with Gasteiger partial charge in [0.05, 0.1) is 6.20 Å². The zero-order valence-electron chi connectivity index (χ0n) is 12.4. The second-order valence-electron chi connectivity index (χ2n) is 5.09. The Balaban J connectivity index is 2.19. The van der Waals surface area contributed by atoms with Crippen LogP contribution in [0.2, 0.25) is 0 Å². The highest BCUT2D eigenvalue weighted by atomic mass is 16.5. The highest BCUT2D eigenvalue weighted by molar-refractivity contribution is 5.37. The third-order valence-corrected chi connectivity index (χ3v) is 3.19. The van der Waals surface area contributed by atoms with Crippen LogP contribution >= 0.6 is 0 Å². The van der Waals surface area contributed by atoms with Crippen molar-refractivity contribution in [3.05, 3.63) is 53.9 Å². The van der Waals surface area contributed by atoms with Crippen molar-refractivity contribution in [2.75, 3.05) is 6.54 Å². The highest BCUT2D eigenvalue weighted by Crippen LogP contribution is 2.27. The van der Waals surface area contributed by atoms with E-state index >= 15 is 0 Å². The summed E-state index contributed by atoms with van der Waals surface area (Å²) >= 11 is 0. The van der Waals surface area contributed by atoms with Crippen molar-refractivity contribution in [1.29, 1.82) is 0 Å². The van der Waals surface area contributed by atoms with E-state index in [0.29, 0.717) is 5.92 Å². The van der Waals surface area contributed by atoms with E-state index in [0.717, 1.165) is 30.2 Å². The van der Waals surface area contributed by atoms with Crippen molar-refractivity contribution in [3.63, 3.8) is 0 Å². The van der Waals surface area contributed by atoms with E-state index in [9.17, 15) is 0 Å². The first-order valence-corrected chi connectivity index (χ1v) is 7.12. The number of hydrogen-bond donors (Lipinski definition) is 1. The number of ether oxygens (including phenoxy) is 1. The molecule has 3 nitrogen and oxygen atoms in total. The molecule has 1 aromatic carbocycles. The molecule has 0 amide bonds. The molecule has 0 aliphatic carbocycles. The van der Waals surface area contributed by atoms with Crippen LogP contribution in [0.4, 0.5) is 0 Å². The minimum atomic E-state index is 0.494. The van der Waals surface area contributed by atoms with Crippen molar-refractivity contribution in [2.24, 2.45) is 0 Å². The molecule has 0 aliphatic rings. The van der Waals surface area contributed by atoms with E-state index in [-0.39, 0.29) is 0 Å². The lowest BCUT2D eigenvalue weighted by atomic mass is 10.0. The molecule has 0 fully saturated rings. The Labute approximate surface area is 121 Å².